The van der Waals surface area contributed by atoms with Crippen LogP contribution >= 0.6 is 0 Å². The minimum Gasteiger partial charge on any atom is -0.394 e. The van der Waals surface area contributed by atoms with E-state index in [0.29, 0.717) is 5.69 Å². The molecule has 0 unspecified atom stereocenters. The van der Waals surface area contributed by atoms with Gasteiger partial charge in [0.2, 0.25) is 0 Å². The summed E-state index contributed by atoms with van der Waals surface area (Å²) in [5, 5.41) is 46.4. The summed E-state index contributed by atoms with van der Waals surface area (Å²) in [6, 6.07) is 1.18. The van der Waals surface area contributed by atoms with Gasteiger partial charge in [0.05, 0.1) is 19.3 Å². The second kappa shape index (κ2) is 6.85. The number of aliphatic hydroxyl groups excluding tert-OH is 4. The lowest BCUT2D eigenvalue weighted by molar-refractivity contribution is -0.254. The van der Waals surface area contributed by atoms with Gasteiger partial charge in [0.1, 0.15) is 30.1 Å². The van der Waals surface area contributed by atoms with Crippen molar-refractivity contribution in [1.82, 2.24) is 24.5 Å². The maximum absolute atomic E-state index is 11.7. The molecule has 5 atom stereocenters. The molecule has 3 rings (SSSR count). The number of aliphatic hydroxyl groups is 4. The summed E-state index contributed by atoms with van der Waals surface area (Å²) in [5.74, 6) is 0. The van der Waals surface area contributed by atoms with Crippen LogP contribution in [0.2, 0.25) is 0 Å². The van der Waals surface area contributed by atoms with Crippen LogP contribution in [0.25, 0.3) is 0 Å². The summed E-state index contributed by atoms with van der Waals surface area (Å²) >= 11 is 0. The van der Waals surface area contributed by atoms with Crippen molar-refractivity contribution < 1.29 is 25.2 Å². The molecule has 1 fully saturated rings. The maximum atomic E-state index is 11.7. The van der Waals surface area contributed by atoms with Gasteiger partial charge in [-0.2, -0.15) is 0 Å². The number of nitrogens with zero attached hydrogens (tertiary/aromatic N) is 4. The zero-order valence-electron chi connectivity index (χ0n) is 12.8. The number of nitrogens with one attached hydrogen (secondary N) is 1. The molecule has 25 heavy (non-hydrogen) atoms. The lowest BCUT2D eigenvalue weighted by atomic mass is 9.98. The van der Waals surface area contributed by atoms with E-state index in [-0.39, 0.29) is 6.54 Å². The minimum atomic E-state index is -1.54. The number of H-pyrrole nitrogens is 1. The van der Waals surface area contributed by atoms with E-state index < -0.39 is 48.5 Å². The van der Waals surface area contributed by atoms with Gasteiger partial charge in [0.15, 0.2) is 6.23 Å². The third-order valence-corrected chi connectivity index (χ3v) is 3.91. The van der Waals surface area contributed by atoms with E-state index in [1.807, 2.05) is 0 Å². The fraction of sp³-hybridized carbons (Fsp3) is 0.538. The van der Waals surface area contributed by atoms with Gasteiger partial charge in [-0.25, -0.2) is 9.48 Å². The third kappa shape index (κ3) is 3.38. The summed E-state index contributed by atoms with van der Waals surface area (Å²) in [7, 11) is 0. The fourth-order valence-electron chi connectivity index (χ4n) is 2.55. The summed E-state index contributed by atoms with van der Waals surface area (Å²) in [6.45, 7) is -0.553. The van der Waals surface area contributed by atoms with Gasteiger partial charge in [0.25, 0.3) is 5.56 Å². The Bertz CT molecular complexity index is 844. The van der Waals surface area contributed by atoms with Crippen LogP contribution in [0, 0.1) is 0 Å². The number of aromatic nitrogens is 5. The summed E-state index contributed by atoms with van der Waals surface area (Å²) in [6.07, 6.45) is -4.08. The van der Waals surface area contributed by atoms with E-state index in [2.05, 4.69) is 15.3 Å². The number of aromatic amines is 1. The first-order valence-electron chi connectivity index (χ1n) is 7.41. The van der Waals surface area contributed by atoms with Crippen LogP contribution in [0.1, 0.15) is 11.9 Å². The Morgan fingerprint density at radius 2 is 1.96 bits per heavy atom. The molecule has 1 aliphatic rings. The van der Waals surface area contributed by atoms with E-state index in [4.69, 9.17) is 4.74 Å². The molecule has 0 aliphatic carbocycles. The fourth-order valence-corrected chi connectivity index (χ4v) is 2.55. The highest BCUT2D eigenvalue weighted by Crippen LogP contribution is 2.27. The van der Waals surface area contributed by atoms with Crippen molar-refractivity contribution in [1.29, 1.82) is 0 Å². The second-order valence-electron chi connectivity index (χ2n) is 5.65. The molecule has 0 amide bonds. The van der Waals surface area contributed by atoms with Crippen LogP contribution in [0.15, 0.2) is 28.0 Å². The van der Waals surface area contributed by atoms with Crippen LogP contribution < -0.4 is 11.2 Å². The standard InChI is InChI=1S/C13H17N5O7/c19-5-7-9(21)10(22)11(23)12(25-7)18-4-6(15-16-18)3-17-2-1-8(20)14-13(17)24/h1-2,4,7,9-12,19,21-23H,3,5H2,(H,14,20,24)/t7-,9+,10+,11-,12-/m1/s1. The van der Waals surface area contributed by atoms with E-state index in [1.165, 1.54) is 23.0 Å². The van der Waals surface area contributed by atoms with Crippen molar-refractivity contribution in [2.24, 2.45) is 0 Å². The largest absolute Gasteiger partial charge is 0.394 e. The van der Waals surface area contributed by atoms with Crippen molar-refractivity contribution >= 4 is 0 Å². The van der Waals surface area contributed by atoms with Gasteiger partial charge < -0.3 is 25.2 Å². The quantitative estimate of drug-likeness (QED) is 0.367. The van der Waals surface area contributed by atoms with Crippen LogP contribution in [-0.4, -0.2) is 76.0 Å². The molecule has 0 aromatic carbocycles. The number of ether oxygens (including phenoxy) is 1. The first kappa shape index (κ1) is 17.4. The van der Waals surface area contributed by atoms with Crippen LogP contribution in [0.4, 0.5) is 0 Å². The van der Waals surface area contributed by atoms with Crippen molar-refractivity contribution in [2.75, 3.05) is 6.61 Å². The van der Waals surface area contributed by atoms with Gasteiger partial charge >= 0.3 is 5.69 Å². The molecule has 12 heteroatoms. The van der Waals surface area contributed by atoms with Crippen molar-refractivity contribution in [3.63, 3.8) is 0 Å². The molecular weight excluding hydrogens is 338 g/mol. The highest BCUT2D eigenvalue weighted by Gasteiger charge is 2.44. The first-order chi connectivity index (χ1) is 11.9. The van der Waals surface area contributed by atoms with Crippen LogP contribution in [0.5, 0.6) is 0 Å². The Balaban J connectivity index is 1.80. The normalized spacial score (nSPS) is 29.7. The summed E-state index contributed by atoms with van der Waals surface area (Å²) < 4.78 is 7.67. The molecule has 0 spiro atoms. The molecule has 0 radical (unpaired) electrons. The number of hydrogen-bond acceptors (Lipinski definition) is 9. The molecule has 1 aliphatic heterocycles. The van der Waals surface area contributed by atoms with Crippen molar-refractivity contribution in [3.8, 4) is 0 Å². The lowest BCUT2D eigenvalue weighted by Crippen LogP contribution is -2.56. The van der Waals surface area contributed by atoms with E-state index >= 15 is 0 Å². The van der Waals surface area contributed by atoms with Crippen molar-refractivity contribution in [2.45, 2.75) is 37.2 Å². The Hall–Kier alpha value is -2.38. The average molecular weight is 355 g/mol. The maximum Gasteiger partial charge on any atom is 0.328 e. The Morgan fingerprint density at radius 1 is 1.20 bits per heavy atom. The molecule has 2 aromatic rings. The highest BCUT2D eigenvalue weighted by atomic mass is 16.6. The van der Waals surface area contributed by atoms with E-state index in [1.54, 1.807) is 0 Å². The monoisotopic (exact) mass is 355 g/mol. The van der Waals surface area contributed by atoms with Crippen LogP contribution in [0.3, 0.4) is 0 Å². The molecule has 1 saturated heterocycles. The molecular formula is C13H17N5O7. The predicted octanol–water partition coefficient (Wildman–Crippen LogP) is -3.85. The number of rotatable bonds is 4. The van der Waals surface area contributed by atoms with Crippen molar-refractivity contribution in [3.05, 3.63) is 45.0 Å². The van der Waals surface area contributed by atoms with Crippen LogP contribution in [-0.2, 0) is 11.3 Å². The topological polar surface area (TPSA) is 176 Å². The Kier molecular flexibility index (Phi) is 4.78. The first-order valence-corrected chi connectivity index (χ1v) is 7.41. The Morgan fingerprint density at radius 3 is 2.64 bits per heavy atom. The molecule has 0 saturated carbocycles. The zero-order chi connectivity index (χ0) is 18.1. The number of hydrogen-bond donors (Lipinski definition) is 5. The minimum absolute atomic E-state index is 0.00698. The van der Waals surface area contributed by atoms with E-state index in [0.717, 1.165) is 4.68 Å². The predicted molar refractivity (Wildman–Crippen MR) is 79.5 cm³/mol. The van der Waals surface area contributed by atoms with Gasteiger partial charge in [0, 0.05) is 12.3 Å². The average Bonchev–Trinajstić information content (AvgIpc) is 3.04. The molecule has 5 N–H and O–H groups in total. The van der Waals surface area contributed by atoms with Gasteiger partial charge in [-0.05, 0) is 0 Å². The molecule has 12 nitrogen and oxygen atoms in total. The van der Waals surface area contributed by atoms with Gasteiger partial charge in [-0.1, -0.05) is 5.21 Å². The van der Waals surface area contributed by atoms with Gasteiger partial charge in [-0.3, -0.25) is 14.3 Å². The highest BCUT2D eigenvalue weighted by molar-refractivity contribution is 4.98. The Labute approximate surface area is 139 Å². The smallest absolute Gasteiger partial charge is 0.328 e. The summed E-state index contributed by atoms with van der Waals surface area (Å²) in [4.78, 5) is 24.8. The third-order valence-electron chi connectivity index (χ3n) is 3.91. The molecule has 0 bridgehead atoms. The summed E-state index contributed by atoms with van der Waals surface area (Å²) in [5.41, 5.74) is -0.813. The molecule has 2 aromatic heterocycles. The SMILES string of the molecule is O=c1ccn(Cc2cn([C@@H]3O[C@H](CO)[C@H](O)[C@H](O)[C@H]3O)nn2)c(=O)[nH]1. The lowest BCUT2D eigenvalue weighted by Gasteiger charge is -2.39. The second-order valence-corrected chi connectivity index (χ2v) is 5.65. The zero-order valence-corrected chi connectivity index (χ0v) is 12.8. The van der Waals surface area contributed by atoms with E-state index in [9.17, 15) is 30.0 Å². The van der Waals surface area contributed by atoms with Gasteiger partial charge in [-0.15, -0.1) is 5.10 Å². The molecule has 136 valence electrons. The molecule has 3 heterocycles.